The second kappa shape index (κ2) is 8.09. The Kier molecular flexibility index (Phi) is 4.60. The van der Waals surface area contributed by atoms with Gasteiger partial charge in [-0.15, -0.1) is 0 Å². The Bertz CT molecular complexity index is 2060. The van der Waals surface area contributed by atoms with Crippen LogP contribution in [0, 0.1) is 0 Å². The Hall–Kier alpha value is -4.82. The monoisotopic (exact) mass is 501 g/mol. The zero-order valence-corrected chi connectivity index (χ0v) is 22.0. The Morgan fingerprint density at radius 1 is 0.538 bits per heavy atom. The van der Waals surface area contributed by atoms with Crippen LogP contribution < -0.4 is 4.74 Å². The molecule has 2 heteroatoms. The van der Waals surface area contributed by atoms with Gasteiger partial charge < -0.3 is 9.30 Å². The first-order valence-electron chi connectivity index (χ1n) is 13.5. The van der Waals surface area contributed by atoms with E-state index in [0.29, 0.717) is 0 Å². The van der Waals surface area contributed by atoms with Crippen LogP contribution >= 0.6 is 0 Å². The van der Waals surface area contributed by atoms with Crippen molar-refractivity contribution in [3.63, 3.8) is 0 Å². The first kappa shape index (κ1) is 22.2. The van der Waals surface area contributed by atoms with E-state index in [9.17, 15) is 0 Å². The van der Waals surface area contributed by atoms with Crippen molar-refractivity contribution in [2.45, 2.75) is 19.3 Å². The highest BCUT2D eigenvalue weighted by Gasteiger charge is 2.34. The van der Waals surface area contributed by atoms with Crippen LogP contribution in [0.1, 0.15) is 25.0 Å². The normalized spacial score (nSPS) is 13.8. The van der Waals surface area contributed by atoms with Gasteiger partial charge in [-0.2, -0.15) is 0 Å². The van der Waals surface area contributed by atoms with Gasteiger partial charge in [0.05, 0.1) is 11.0 Å². The molecule has 1 aromatic heterocycles. The maximum absolute atomic E-state index is 6.30. The van der Waals surface area contributed by atoms with Gasteiger partial charge >= 0.3 is 0 Å². The Morgan fingerprint density at radius 2 is 1.23 bits per heavy atom. The predicted octanol–water partition coefficient (Wildman–Crippen LogP) is 10.0. The molecule has 1 aliphatic rings. The molecule has 0 amide bonds. The molecule has 7 aromatic rings. The molecule has 186 valence electrons. The molecular weight excluding hydrogens is 474 g/mol. The van der Waals surface area contributed by atoms with Crippen LogP contribution in [0.4, 0.5) is 0 Å². The van der Waals surface area contributed by atoms with Crippen LogP contribution in [0.15, 0.2) is 127 Å². The molecule has 39 heavy (non-hydrogen) atoms. The molecule has 0 N–H and O–H groups in total. The van der Waals surface area contributed by atoms with E-state index < -0.39 is 0 Å². The molecule has 0 unspecified atom stereocenters. The summed E-state index contributed by atoms with van der Waals surface area (Å²) >= 11 is 0. The lowest BCUT2D eigenvalue weighted by Gasteiger charge is -2.34. The van der Waals surface area contributed by atoms with Crippen molar-refractivity contribution >= 4 is 32.6 Å². The van der Waals surface area contributed by atoms with Crippen LogP contribution in [0.5, 0.6) is 11.5 Å². The van der Waals surface area contributed by atoms with Gasteiger partial charge in [-0.05, 0) is 59.0 Å². The number of para-hydroxylation sites is 3. The van der Waals surface area contributed by atoms with Crippen LogP contribution in [0.2, 0.25) is 0 Å². The van der Waals surface area contributed by atoms with Gasteiger partial charge in [0.1, 0.15) is 11.5 Å². The van der Waals surface area contributed by atoms with Gasteiger partial charge in [-0.3, -0.25) is 0 Å². The van der Waals surface area contributed by atoms with E-state index in [0.717, 1.165) is 11.5 Å². The van der Waals surface area contributed by atoms with Crippen molar-refractivity contribution in [2.24, 2.45) is 0 Å². The highest BCUT2D eigenvalue weighted by atomic mass is 16.5. The zero-order chi connectivity index (χ0) is 26.1. The van der Waals surface area contributed by atoms with Gasteiger partial charge in [0, 0.05) is 38.4 Å². The van der Waals surface area contributed by atoms with Gasteiger partial charge in [0.15, 0.2) is 0 Å². The number of hydrogen-bond donors (Lipinski definition) is 0. The molecule has 2 nitrogen and oxygen atoms in total. The summed E-state index contributed by atoms with van der Waals surface area (Å²) in [4.78, 5) is 0. The molecule has 8 rings (SSSR count). The van der Waals surface area contributed by atoms with E-state index in [-0.39, 0.29) is 5.41 Å². The summed E-state index contributed by atoms with van der Waals surface area (Å²) in [7, 11) is 0. The predicted molar refractivity (Wildman–Crippen MR) is 162 cm³/mol. The van der Waals surface area contributed by atoms with Crippen molar-refractivity contribution in [3.8, 4) is 28.3 Å². The first-order chi connectivity index (χ1) is 19.1. The first-order valence-corrected chi connectivity index (χ1v) is 13.5. The summed E-state index contributed by atoms with van der Waals surface area (Å²) < 4.78 is 8.71. The summed E-state index contributed by atoms with van der Waals surface area (Å²) in [5.74, 6) is 1.89. The third-order valence-corrected chi connectivity index (χ3v) is 8.43. The Labute approximate surface area is 227 Å². The number of aromatic nitrogens is 1. The Balaban J connectivity index is 1.32. The number of nitrogens with zero attached hydrogens (tertiary/aromatic N) is 1. The molecule has 1 aliphatic heterocycles. The maximum Gasteiger partial charge on any atom is 0.131 e. The fourth-order valence-corrected chi connectivity index (χ4v) is 6.44. The molecule has 6 aromatic carbocycles. The molecule has 0 atom stereocenters. The minimum absolute atomic E-state index is 0.139. The smallest absolute Gasteiger partial charge is 0.131 e. The average molecular weight is 502 g/mol. The fourth-order valence-electron chi connectivity index (χ4n) is 6.44. The lowest BCUT2D eigenvalue weighted by atomic mass is 9.75. The van der Waals surface area contributed by atoms with E-state index in [2.05, 4.69) is 140 Å². The standard InChI is InChI=1S/C37H27NO/c1-37(2)31-13-7-9-15-34(31)39-35-21-18-25(23-32(35)37)24-16-19-28-26(22-24)17-20-30-29-12-6-8-14-33(29)38(36(28)30)27-10-4-3-5-11-27/h3-23H,1-2H3. The van der Waals surface area contributed by atoms with Crippen LogP contribution in [0.3, 0.4) is 0 Å². The number of ether oxygens (including phenoxy) is 1. The third-order valence-electron chi connectivity index (χ3n) is 8.43. The average Bonchev–Trinajstić information content (AvgIpc) is 3.32. The van der Waals surface area contributed by atoms with Gasteiger partial charge in [-0.25, -0.2) is 0 Å². The summed E-state index contributed by atoms with van der Waals surface area (Å²) in [6, 6.07) is 45.8. The quantitative estimate of drug-likeness (QED) is 0.230. The largest absolute Gasteiger partial charge is 0.457 e. The topological polar surface area (TPSA) is 14.2 Å². The highest BCUT2D eigenvalue weighted by Crippen LogP contribution is 2.49. The van der Waals surface area contributed by atoms with E-state index in [1.807, 2.05) is 6.07 Å². The van der Waals surface area contributed by atoms with E-state index in [1.165, 1.54) is 60.5 Å². The number of rotatable bonds is 2. The fraction of sp³-hybridized carbons (Fsp3) is 0.0811. The number of benzene rings is 6. The van der Waals surface area contributed by atoms with Crippen molar-refractivity contribution in [2.75, 3.05) is 0 Å². The van der Waals surface area contributed by atoms with E-state index in [1.54, 1.807) is 0 Å². The summed E-state index contributed by atoms with van der Waals surface area (Å²) in [5.41, 5.74) is 8.38. The maximum atomic E-state index is 6.30. The molecule has 0 spiro atoms. The summed E-state index contributed by atoms with van der Waals surface area (Å²) in [5, 5.41) is 5.05. The van der Waals surface area contributed by atoms with Gasteiger partial charge in [-0.1, -0.05) is 98.8 Å². The zero-order valence-electron chi connectivity index (χ0n) is 22.0. The molecule has 0 bridgehead atoms. The third kappa shape index (κ3) is 3.21. The molecule has 0 saturated heterocycles. The van der Waals surface area contributed by atoms with Crippen LogP contribution in [-0.2, 0) is 5.41 Å². The SMILES string of the molecule is CC1(C)c2ccccc2Oc2ccc(-c3ccc4c(ccc5c6ccccc6n(-c6ccccc6)c45)c3)cc21. The number of hydrogen-bond acceptors (Lipinski definition) is 1. The van der Waals surface area contributed by atoms with Crippen LogP contribution in [0.25, 0.3) is 49.4 Å². The van der Waals surface area contributed by atoms with Crippen LogP contribution in [-0.4, -0.2) is 4.57 Å². The Morgan fingerprint density at radius 3 is 2.13 bits per heavy atom. The minimum Gasteiger partial charge on any atom is -0.457 e. The lowest BCUT2D eigenvalue weighted by Crippen LogP contribution is -2.24. The summed E-state index contributed by atoms with van der Waals surface area (Å²) in [6.07, 6.45) is 0. The lowest BCUT2D eigenvalue weighted by molar-refractivity contribution is 0.418. The minimum atomic E-state index is -0.139. The van der Waals surface area contributed by atoms with Crippen molar-refractivity contribution in [1.29, 1.82) is 0 Å². The second-order valence-electron chi connectivity index (χ2n) is 11.0. The molecule has 0 saturated carbocycles. The molecular formula is C37H27NO. The number of fused-ring (bicyclic) bond motifs is 7. The molecule has 0 radical (unpaired) electrons. The van der Waals surface area contributed by atoms with Crippen molar-refractivity contribution in [3.05, 3.63) is 139 Å². The highest BCUT2D eigenvalue weighted by molar-refractivity contribution is 6.18. The van der Waals surface area contributed by atoms with E-state index in [4.69, 9.17) is 4.74 Å². The van der Waals surface area contributed by atoms with Gasteiger partial charge in [0.25, 0.3) is 0 Å². The van der Waals surface area contributed by atoms with Gasteiger partial charge in [0.2, 0.25) is 0 Å². The second-order valence-corrected chi connectivity index (χ2v) is 11.0. The van der Waals surface area contributed by atoms with Crippen molar-refractivity contribution in [1.82, 2.24) is 4.57 Å². The van der Waals surface area contributed by atoms with Crippen molar-refractivity contribution < 1.29 is 4.74 Å². The molecule has 0 fully saturated rings. The molecule has 0 aliphatic carbocycles. The van der Waals surface area contributed by atoms with E-state index >= 15 is 0 Å². The molecule has 2 heterocycles. The summed E-state index contributed by atoms with van der Waals surface area (Å²) in [6.45, 7) is 4.58.